The maximum Gasteiger partial charge on any atom is 0.132 e. The Morgan fingerprint density at radius 3 is 2.71 bits per heavy atom. The highest BCUT2D eigenvalue weighted by Crippen LogP contribution is 2.38. The van der Waals surface area contributed by atoms with Gasteiger partial charge in [0.05, 0.1) is 11.7 Å². The van der Waals surface area contributed by atoms with Crippen LogP contribution in [0.15, 0.2) is 49.2 Å². The van der Waals surface area contributed by atoms with Crippen LogP contribution < -0.4 is 5.32 Å². The molecule has 38 heavy (non-hydrogen) atoms. The van der Waals surface area contributed by atoms with Crippen LogP contribution in [0.2, 0.25) is 0 Å². The molecule has 5 rings (SSSR count). The number of hydrogen-bond donors (Lipinski definition) is 1. The highest BCUT2D eigenvalue weighted by molar-refractivity contribution is 5.66. The van der Waals surface area contributed by atoms with Crippen LogP contribution in [0.4, 0.5) is 4.39 Å². The molecule has 3 aliphatic rings. The number of piperidine rings is 1. The maximum atomic E-state index is 14.4. The van der Waals surface area contributed by atoms with Crippen molar-refractivity contribution in [2.45, 2.75) is 58.4 Å². The fourth-order valence-electron chi connectivity index (χ4n) is 5.95. The number of nitrogens with zero attached hydrogens (tertiary/aromatic N) is 5. The van der Waals surface area contributed by atoms with E-state index in [0.717, 1.165) is 112 Å². The molecule has 0 saturated carbocycles. The number of hydrogen-bond acceptors (Lipinski definition) is 5. The molecule has 3 aliphatic heterocycles. The van der Waals surface area contributed by atoms with Crippen molar-refractivity contribution in [1.82, 2.24) is 29.8 Å². The third-order valence-corrected chi connectivity index (χ3v) is 8.32. The van der Waals surface area contributed by atoms with Gasteiger partial charge < -0.3 is 20.0 Å². The first-order valence-electron chi connectivity index (χ1n) is 14.4. The second-order valence-electron chi connectivity index (χ2n) is 10.8. The molecular formula is C31H43FN6. The van der Waals surface area contributed by atoms with E-state index < -0.39 is 0 Å². The second-order valence-corrected chi connectivity index (χ2v) is 10.8. The number of likely N-dealkylation sites (N-methyl/N-ethyl adjacent to an activating group) is 1. The summed E-state index contributed by atoms with van der Waals surface area (Å²) >= 11 is 0. The number of likely N-dealkylation sites (tertiary alicyclic amines) is 1. The van der Waals surface area contributed by atoms with E-state index in [0.29, 0.717) is 0 Å². The standard InChI is InChI=1S/C31H43FN6/c1-5-35-19-15-33-14-8-10-26-12-13-27(32)22-28(26)25(4)37-18-7-6-11-30(37)29-20-24(3)38(34-29)31(35)21-23(2)36-16-9-17-36/h12-13,20-22,30,33H,2,4-11,14-19H2,1,3H3/b31-21-. The van der Waals surface area contributed by atoms with Crippen LogP contribution >= 0.6 is 0 Å². The van der Waals surface area contributed by atoms with Crippen molar-refractivity contribution in [2.75, 3.05) is 45.8 Å². The molecule has 7 heteroatoms. The minimum atomic E-state index is -0.206. The molecule has 1 atom stereocenters. The first-order chi connectivity index (χ1) is 18.5. The van der Waals surface area contributed by atoms with Crippen molar-refractivity contribution in [3.05, 3.63) is 77.5 Å². The van der Waals surface area contributed by atoms with Gasteiger partial charge in [0.2, 0.25) is 0 Å². The van der Waals surface area contributed by atoms with E-state index >= 15 is 0 Å². The van der Waals surface area contributed by atoms with Crippen molar-refractivity contribution in [3.8, 4) is 0 Å². The van der Waals surface area contributed by atoms with E-state index in [4.69, 9.17) is 5.10 Å². The van der Waals surface area contributed by atoms with E-state index in [9.17, 15) is 4.39 Å². The monoisotopic (exact) mass is 518 g/mol. The highest BCUT2D eigenvalue weighted by Gasteiger charge is 2.30. The number of rotatable bonds is 3. The summed E-state index contributed by atoms with van der Waals surface area (Å²) in [6, 6.07) is 7.55. The van der Waals surface area contributed by atoms with Crippen molar-refractivity contribution < 1.29 is 4.39 Å². The van der Waals surface area contributed by atoms with Gasteiger partial charge in [0.15, 0.2) is 0 Å². The minimum absolute atomic E-state index is 0.122. The molecule has 204 valence electrons. The van der Waals surface area contributed by atoms with Crippen LogP contribution in [0.3, 0.4) is 0 Å². The van der Waals surface area contributed by atoms with Crippen LogP contribution in [0, 0.1) is 12.7 Å². The van der Waals surface area contributed by atoms with Crippen molar-refractivity contribution in [3.63, 3.8) is 0 Å². The zero-order valence-electron chi connectivity index (χ0n) is 23.2. The van der Waals surface area contributed by atoms with Crippen LogP contribution in [-0.4, -0.2) is 70.3 Å². The SMILES string of the molecule is C=C(/C=C1/N(CC)CCNCCCc2ccc(F)cc2C(=C)N2CCCCC2c2cc(C)n1n2)N1CCC1. The van der Waals surface area contributed by atoms with Gasteiger partial charge in [-0.15, -0.1) is 0 Å². The van der Waals surface area contributed by atoms with Crippen molar-refractivity contribution in [1.29, 1.82) is 0 Å². The Labute approximate surface area is 227 Å². The van der Waals surface area contributed by atoms with Crippen LogP contribution in [0.5, 0.6) is 0 Å². The van der Waals surface area contributed by atoms with E-state index in [1.807, 2.05) is 6.07 Å². The predicted octanol–water partition coefficient (Wildman–Crippen LogP) is 5.40. The lowest BCUT2D eigenvalue weighted by molar-refractivity contribution is 0.225. The summed E-state index contributed by atoms with van der Waals surface area (Å²) in [5.74, 6) is 0.874. The Balaban J connectivity index is 1.56. The summed E-state index contributed by atoms with van der Waals surface area (Å²) in [4.78, 5) is 7.11. The molecule has 1 N–H and O–H groups in total. The van der Waals surface area contributed by atoms with Crippen molar-refractivity contribution >= 4 is 11.5 Å². The molecule has 0 spiro atoms. The topological polar surface area (TPSA) is 39.6 Å². The summed E-state index contributed by atoms with van der Waals surface area (Å²) in [6.45, 7) is 19.9. The molecule has 2 bridgehead atoms. The third kappa shape index (κ3) is 5.53. The minimum Gasteiger partial charge on any atom is -0.372 e. The predicted molar refractivity (Wildman–Crippen MR) is 154 cm³/mol. The van der Waals surface area contributed by atoms with Gasteiger partial charge in [0.1, 0.15) is 11.6 Å². The lowest BCUT2D eigenvalue weighted by Gasteiger charge is -2.38. The van der Waals surface area contributed by atoms with E-state index in [-0.39, 0.29) is 11.9 Å². The van der Waals surface area contributed by atoms with Gasteiger partial charge in [-0.2, -0.15) is 5.10 Å². The fourth-order valence-corrected chi connectivity index (χ4v) is 5.95. The Morgan fingerprint density at radius 2 is 1.95 bits per heavy atom. The number of halogens is 1. The number of allylic oxidation sites excluding steroid dienone is 1. The molecule has 0 radical (unpaired) electrons. The largest absolute Gasteiger partial charge is 0.372 e. The molecule has 1 unspecified atom stereocenters. The first kappa shape index (κ1) is 26.5. The summed E-state index contributed by atoms with van der Waals surface area (Å²) in [5, 5.41) is 8.86. The van der Waals surface area contributed by atoms with E-state index in [2.05, 4.69) is 63.8 Å². The number of aromatic nitrogens is 2. The summed E-state index contributed by atoms with van der Waals surface area (Å²) in [7, 11) is 0. The molecule has 0 amide bonds. The average molecular weight is 519 g/mol. The molecule has 2 fully saturated rings. The maximum absolute atomic E-state index is 14.4. The second kappa shape index (κ2) is 11.8. The van der Waals surface area contributed by atoms with Gasteiger partial charge in [0, 0.05) is 68.0 Å². The Bertz CT molecular complexity index is 1190. The lowest BCUT2D eigenvalue weighted by atomic mass is 9.94. The number of aryl methyl sites for hydroxylation is 2. The zero-order valence-corrected chi connectivity index (χ0v) is 23.2. The fraction of sp³-hybridized carbons (Fsp3) is 0.516. The molecule has 4 heterocycles. The molecule has 1 aromatic carbocycles. The van der Waals surface area contributed by atoms with Gasteiger partial charge in [-0.25, -0.2) is 9.07 Å². The summed E-state index contributed by atoms with van der Waals surface area (Å²) in [6.07, 6.45) is 8.60. The van der Waals surface area contributed by atoms with Gasteiger partial charge >= 0.3 is 0 Å². The molecule has 1 aromatic heterocycles. The zero-order chi connectivity index (χ0) is 26.6. The van der Waals surface area contributed by atoms with E-state index in [1.165, 1.54) is 12.0 Å². The molecule has 0 aliphatic carbocycles. The van der Waals surface area contributed by atoms with Crippen molar-refractivity contribution in [2.24, 2.45) is 0 Å². The lowest BCUT2D eigenvalue weighted by Crippen LogP contribution is -2.37. The number of benzene rings is 1. The smallest absolute Gasteiger partial charge is 0.132 e. The third-order valence-electron chi connectivity index (χ3n) is 8.32. The highest BCUT2D eigenvalue weighted by atomic mass is 19.1. The summed E-state index contributed by atoms with van der Waals surface area (Å²) < 4.78 is 16.6. The van der Waals surface area contributed by atoms with Crippen LogP contribution in [0.25, 0.3) is 11.5 Å². The quantitative estimate of drug-likeness (QED) is 0.589. The Hall–Kier alpha value is -3.06. The molecule has 2 aromatic rings. The summed E-state index contributed by atoms with van der Waals surface area (Å²) in [5.41, 5.74) is 6.23. The molecular weight excluding hydrogens is 475 g/mol. The Morgan fingerprint density at radius 1 is 1.11 bits per heavy atom. The number of fused-ring (bicyclic) bond motifs is 5. The van der Waals surface area contributed by atoms with E-state index in [1.54, 1.807) is 12.1 Å². The van der Waals surface area contributed by atoms with Crippen LogP contribution in [0.1, 0.15) is 67.6 Å². The molecule has 6 nitrogen and oxygen atoms in total. The number of nitrogens with one attached hydrogen (secondary N) is 1. The van der Waals surface area contributed by atoms with Gasteiger partial charge in [0.25, 0.3) is 0 Å². The average Bonchev–Trinajstić information content (AvgIpc) is 3.27. The van der Waals surface area contributed by atoms with Gasteiger partial charge in [-0.1, -0.05) is 19.2 Å². The van der Waals surface area contributed by atoms with Gasteiger partial charge in [-0.3, -0.25) is 0 Å². The van der Waals surface area contributed by atoms with Gasteiger partial charge in [-0.05, 0) is 82.7 Å². The van der Waals surface area contributed by atoms with Crippen LogP contribution in [-0.2, 0) is 6.42 Å². The first-order valence-corrected chi connectivity index (χ1v) is 14.4. The molecule has 2 saturated heterocycles. The normalized spacial score (nSPS) is 22.2. The Kier molecular flexibility index (Phi) is 8.22.